The van der Waals surface area contributed by atoms with E-state index in [0.717, 1.165) is 12.8 Å². The number of anilines is 1. The van der Waals surface area contributed by atoms with Crippen molar-refractivity contribution in [2.24, 2.45) is 0 Å². The number of pyridine rings is 1. The van der Waals surface area contributed by atoms with Crippen LogP contribution in [-0.2, 0) is 0 Å². The molecular weight excluding hydrogens is 334 g/mol. The first-order valence-corrected chi connectivity index (χ1v) is 7.25. The minimum atomic E-state index is -0.260. The number of carbonyl (C=O) groups is 1. The van der Waals surface area contributed by atoms with E-state index < -0.39 is 0 Å². The molecule has 1 aliphatic carbocycles. The lowest BCUT2D eigenvalue weighted by atomic mass is 9.93. The van der Waals surface area contributed by atoms with Crippen LogP contribution in [0.5, 0.6) is 0 Å². The van der Waals surface area contributed by atoms with E-state index >= 15 is 0 Å². The van der Waals surface area contributed by atoms with E-state index in [0.29, 0.717) is 22.9 Å². The fourth-order valence-corrected chi connectivity index (χ4v) is 2.61. The van der Waals surface area contributed by atoms with Crippen LogP contribution in [0.15, 0.2) is 10.5 Å². The monoisotopic (exact) mass is 347 g/mol. The van der Waals surface area contributed by atoms with Gasteiger partial charge in [0.25, 0.3) is 5.91 Å². The number of hydrogen-bond donors (Lipinski definition) is 3. The van der Waals surface area contributed by atoms with Gasteiger partial charge in [-0.25, -0.2) is 4.98 Å². The van der Waals surface area contributed by atoms with Crippen molar-refractivity contribution >= 4 is 39.3 Å². The van der Waals surface area contributed by atoms with Crippen LogP contribution < -0.4 is 11.1 Å². The highest BCUT2D eigenvalue weighted by molar-refractivity contribution is 9.10. The minimum Gasteiger partial charge on any atom is -0.393 e. The summed E-state index contributed by atoms with van der Waals surface area (Å²) in [7, 11) is 0. The minimum absolute atomic E-state index is 0.0738. The summed E-state index contributed by atoms with van der Waals surface area (Å²) in [6.07, 6.45) is 2.72. The maximum absolute atomic E-state index is 12.1. The van der Waals surface area contributed by atoms with Gasteiger partial charge in [0.15, 0.2) is 0 Å². The molecule has 1 aromatic heterocycles. The Labute approximate surface area is 124 Å². The smallest absolute Gasteiger partial charge is 0.255 e. The van der Waals surface area contributed by atoms with Gasteiger partial charge >= 0.3 is 0 Å². The second-order valence-corrected chi connectivity index (χ2v) is 5.89. The maximum Gasteiger partial charge on any atom is 0.255 e. The van der Waals surface area contributed by atoms with Gasteiger partial charge in [-0.1, -0.05) is 11.6 Å². The number of carbonyl (C=O) groups excluding carboxylic acids is 1. The van der Waals surface area contributed by atoms with Crippen molar-refractivity contribution in [3.8, 4) is 0 Å². The predicted octanol–water partition coefficient (Wildman–Crippen LogP) is 2.11. The molecule has 0 radical (unpaired) electrons. The van der Waals surface area contributed by atoms with Crippen molar-refractivity contribution in [3.05, 3.63) is 21.3 Å². The summed E-state index contributed by atoms with van der Waals surface area (Å²) < 4.78 is 0.535. The fourth-order valence-electron chi connectivity index (χ4n) is 2.14. The van der Waals surface area contributed by atoms with Gasteiger partial charge < -0.3 is 16.2 Å². The normalized spacial score (nSPS) is 23.1. The molecule has 1 saturated carbocycles. The average Bonchev–Trinajstić information content (AvgIpc) is 2.36. The first-order chi connectivity index (χ1) is 8.97. The third kappa shape index (κ3) is 3.58. The van der Waals surface area contributed by atoms with Crippen LogP contribution in [0.4, 0.5) is 5.82 Å². The largest absolute Gasteiger partial charge is 0.393 e. The van der Waals surface area contributed by atoms with Gasteiger partial charge in [-0.3, -0.25) is 4.79 Å². The van der Waals surface area contributed by atoms with E-state index in [2.05, 4.69) is 26.2 Å². The lowest BCUT2D eigenvalue weighted by Gasteiger charge is -2.26. The summed E-state index contributed by atoms with van der Waals surface area (Å²) >= 11 is 9.02. The number of nitrogens with zero attached hydrogens (tertiary/aromatic N) is 1. The van der Waals surface area contributed by atoms with Gasteiger partial charge in [0.2, 0.25) is 0 Å². The Bertz CT molecular complexity index is 490. The number of aromatic nitrogens is 1. The molecule has 1 aromatic rings. The van der Waals surface area contributed by atoms with Gasteiger partial charge in [-0.2, -0.15) is 0 Å². The van der Waals surface area contributed by atoms with Crippen LogP contribution in [0, 0.1) is 0 Å². The number of nitrogen functional groups attached to an aromatic ring is 1. The Balaban J connectivity index is 2.06. The quantitative estimate of drug-likeness (QED) is 0.714. The van der Waals surface area contributed by atoms with Gasteiger partial charge in [0.05, 0.1) is 16.1 Å². The van der Waals surface area contributed by atoms with E-state index in [1.54, 1.807) is 6.07 Å². The molecule has 4 N–H and O–H groups in total. The number of nitrogens with two attached hydrogens (primary N) is 1. The molecule has 0 aliphatic heterocycles. The zero-order valence-electron chi connectivity index (χ0n) is 10.2. The van der Waals surface area contributed by atoms with E-state index in [1.165, 1.54) is 0 Å². The van der Waals surface area contributed by atoms with Crippen molar-refractivity contribution in [2.45, 2.75) is 37.8 Å². The molecule has 2 rings (SSSR count). The molecule has 0 unspecified atom stereocenters. The summed E-state index contributed by atoms with van der Waals surface area (Å²) in [6.45, 7) is 0. The van der Waals surface area contributed by atoms with Crippen LogP contribution in [0.2, 0.25) is 5.15 Å². The van der Waals surface area contributed by atoms with Gasteiger partial charge in [0, 0.05) is 6.04 Å². The molecule has 1 amide bonds. The molecule has 0 aromatic carbocycles. The number of aliphatic hydroxyl groups excluding tert-OH is 1. The van der Waals surface area contributed by atoms with E-state index in [-0.39, 0.29) is 29.0 Å². The molecule has 7 heteroatoms. The van der Waals surface area contributed by atoms with Crippen LogP contribution in [0.3, 0.4) is 0 Å². The predicted molar refractivity (Wildman–Crippen MR) is 77.1 cm³/mol. The van der Waals surface area contributed by atoms with E-state index in [1.807, 2.05) is 0 Å². The SMILES string of the molecule is Nc1nc(Cl)c(Br)cc1C(=O)NC1CCC(O)CC1. The van der Waals surface area contributed by atoms with Gasteiger partial charge in [-0.15, -0.1) is 0 Å². The van der Waals surface area contributed by atoms with Crippen molar-refractivity contribution in [1.29, 1.82) is 0 Å². The first-order valence-electron chi connectivity index (χ1n) is 6.08. The highest BCUT2D eigenvalue weighted by atomic mass is 79.9. The third-order valence-electron chi connectivity index (χ3n) is 3.24. The van der Waals surface area contributed by atoms with Gasteiger partial charge in [-0.05, 0) is 47.7 Å². The number of rotatable bonds is 2. The fraction of sp³-hybridized carbons (Fsp3) is 0.500. The number of hydrogen-bond acceptors (Lipinski definition) is 4. The summed E-state index contributed by atoms with van der Waals surface area (Å²) in [4.78, 5) is 16.0. The average molecular weight is 349 g/mol. The summed E-state index contributed by atoms with van der Waals surface area (Å²) in [5.41, 5.74) is 6.01. The van der Waals surface area contributed by atoms with Crippen LogP contribution in [0.25, 0.3) is 0 Å². The molecule has 1 aliphatic rings. The number of amides is 1. The van der Waals surface area contributed by atoms with Crippen molar-refractivity contribution < 1.29 is 9.90 Å². The molecule has 5 nitrogen and oxygen atoms in total. The third-order valence-corrected chi connectivity index (χ3v) is 4.36. The van der Waals surface area contributed by atoms with E-state index in [4.69, 9.17) is 17.3 Å². The second-order valence-electron chi connectivity index (χ2n) is 4.67. The zero-order chi connectivity index (χ0) is 14.0. The molecular formula is C12H15BrClN3O2. The van der Waals surface area contributed by atoms with Crippen molar-refractivity contribution in [1.82, 2.24) is 10.3 Å². The maximum atomic E-state index is 12.1. The standard InChI is InChI=1S/C12H15BrClN3O2/c13-9-5-8(11(15)17-10(9)14)12(19)16-6-1-3-7(18)4-2-6/h5-7,18H,1-4H2,(H2,15,17)(H,16,19). The zero-order valence-corrected chi connectivity index (χ0v) is 12.5. The first kappa shape index (κ1) is 14.6. The Hall–Kier alpha value is -0.850. The molecule has 19 heavy (non-hydrogen) atoms. The van der Waals surface area contributed by atoms with Crippen LogP contribution in [0.1, 0.15) is 36.0 Å². The molecule has 0 bridgehead atoms. The number of aliphatic hydroxyl groups is 1. The second kappa shape index (κ2) is 6.07. The topological polar surface area (TPSA) is 88.2 Å². The molecule has 1 heterocycles. The van der Waals surface area contributed by atoms with Crippen LogP contribution >= 0.6 is 27.5 Å². The lowest BCUT2D eigenvalue weighted by Crippen LogP contribution is -2.38. The number of halogens is 2. The van der Waals surface area contributed by atoms with Crippen molar-refractivity contribution in [2.75, 3.05) is 5.73 Å². The Morgan fingerprint density at radius 3 is 2.74 bits per heavy atom. The Morgan fingerprint density at radius 1 is 1.47 bits per heavy atom. The van der Waals surface area contributed by atoms with E-state index in [9.17, 15) is 9.90 Å². The summed E-state index contributed by atoms with van der Waals surface area (Å²) in [5, 5.41) is 12.6. The van der Waals surface area contributed by atoms with Crippen LogP contribution in [-0.4, -0.2) is 28.1 Å². The Kier molecular flexibility index (Phi) is 4.65. The highest BCUT2D eigenvalue weighted by Crippen LogP contribution is 2.25. The molecule has 0 saturated heterocycles. The number of nitrogens with one attached hydrogen (secondary N) is 1. The van der Waals surface area contributed by atoms with Gasteiger partial charge in [0.1, 0.15) is 11.0 Å². The molecule has 104 valence electrons. The van der Waals surface area contributed by atoms with Crippen molar-refractivity contribution in [3.63, 3.8) is 0 Å². The lowest BCUT2D eigenvalue weighted by molar-refractivity contribution is 0.0868. The Morgan fingerprint density at radius 2 is 2.11 bits per heavy atom. The summed E-state index contributed by atoms with van der Waals surface area (Å²) in [5.74, 6) is -0.148. The molecule has 1 fully saturated rings. The molecule has 0 spiro atoms. The molecule has 0 atom stereocenters. The highest BCUT2D eigenvalue weighted by Gasteiger charge is 2.22. The summed E-state index contributed by atoms with van der Waals surface area (Å²) in [6, 6.07) is 1.64.